The van der Waals surface area contributed by atoms with E-state index in [1.165, 1.54) is 12.8 Å². The second-order valence-corrected chi connectivity index (χ2v) is 5.02. The molecule has 1 N–H and O–H groups in total. The van der Waals surface area contributed by atoms with Crippen molar-refractivity contribution < 1.29 is 9.47 Å². The van der Waals surface area contributed by atoms with Gasteiger partial charge in [-0.2, -0.15) is 0 Å². The van der Waals surface area contributed by atoms with Gasteiger partial charge in [-0.3, -0.25) is 0 Å². The molecule has 1 saturated carbocycles. The maximum atomic E-state index is 6.11. The summed E-state index contributed by atoms with van der Waals surface area (Å²) < 4.78 is 11.9. The van der Waals surface area contributed by atoms with Crippen LogP contribution in [0.15, 0.2) is 11.8 Å². The minimum atomic E-state index is -0.0350. The minimum Gasteiger partial charge on any atom is -0.496 e. The van der Waals surface area contributed by atoms with Crippen LogP contribution in [0.5, 0.6) is 0 Å². The number of rotatable bonds is 5. The van der Waals surface area contributed by atoms with Crippen LogP contribution >= 0.6 is 0 Å². The third kappa shape index (κ3) is 2.66. The van der Waals surface area contributed by atoms with Gasteiger partial charge in [0.1, 0.15) is 5.76 Å². The fourth-order valence-corrected chi connectivity index (χ4v) is 3.22. The second kappa shape index (κ2) is 5.87. The minimum absolute atomic E-state index is 0.0350. The van der Waals surface area contributed by atoms with Crippen LogP contribution in [0.2, 0.25) is 0 Å². The molecular formula is C14H25NO2. The van der Waals surface area contributed by atoms with E-state index >= 15 is 0 Å². The molecule has 0 saturated heterocycles. The van der Waals surface area contributed by atoms with Crippen LogP contribution in [0.4, 0.5) is 0 Å². The van der Waals surface area contributed by atoms with Gasteiger partial charge in [-0.15, -0.1) is 0 Å². The molecule has 2 aliphatic rings. The highest BCUT2D eigenvalue weighted by molar-refractivity contribution is 5.15. The molecule has 2 rings (SSSR count). The quantitative estimate of drug-likeness (QED) is 0.800. The van der Waals surface area contributed by atoms with Crippen molar-refractivity contribution >= 4 is 0 Å². The lowest BCUT2D eigenvalue weighted by molar-refractivity contribution is -0.0638. The Kier molecular flexibility index (Phi) is 4.46. The van der Waals surface area contributed by atoms with Crippen LogP contribution in [0.25, 0.3) is 0 Å². The molecule has 1 heterocycles. The molecule has 1 fully saturated rings. The summed E-state index contributed by atoms with van der Waals surface area (Å²) in [5, 5.41) is 3.42. The number of ether oxygens (including phenoxy) is 2. The van der Waals surface area contributed by atoms with E-state index in [0.717, 1.165) is 44.7 Å². The number of hydrogen-bond donors (Lipinski definition) is 1. The molecule has 0 radical (unpaired) electrons. The molecular weight excluding hydrogens is 214 g/mol. The lowest BCUT2D eigenvalue weighted by Gasteiger charge is -2.39. The molecule has 98 valence electrons. The van der Waals surface area contributed by atoms with Gasteiger partial charge in [-0.1, -0.05) is 12.8 Å². The summed E-state index contributed by atoms with van der Waals surface area (Å²) in [7, 11) is 2.02. The Hall–Kier alpha value is -0.540. The van der Waals surface area contributed by atoms with E-state index in [4.69, 9.17) is 9.47 Å². The number of nitrogens with one attached hydrogen (secondary N) is 1. The van der Waals surface area contributed by atoms with Crippen molar-refractivity contribution in [3.63, 3.8) is 0 Å². The van der Waals surface area contributed by atoms with Gasteiger partial charge in [0.05, 0.1) is 18.2 Å². The molecule has 0 amide bonds. The van der Waals surface area contributed by atoms with Crippen molar-refractivity contribution in [3.8, 4) is 0 Å². The standard InChI is InChI=1S/C14H25NO2/c1-3-17-14(9-5-6-10-14)13(15-2)12-8-4-7-11-16-12/h8,13,15H,3-7,9-11H2,1-2H3. The van der Waals surface area contributed by atoms with Crippen LogP contribution in [0, 0.1) is 0 Å². The Morgan fingerprint density at radius 2 is 2.18 bits per heavy atom. The maximum absolute atomic E-state index is 6.11. The first-order valence-corrected chi connectivity index (χ1v) is 6.96. The van der Waals surface area contributed by atoms with Crippen LogP contribution in [0.1, 0.15) is 45.4 Å². The van der Waals surface area contributed by atoms with Crippen molar-refractivity contribution in [1.29, 1.82) is 0 Å². The van der Waals surface area contributed by atoms with Crippen LogP contribution in [0.3, 0.4) is 0 Å². The van der Waals surface area contributed by atoms with E-state index in [-0.39, 0.29) is 11.6 Å². The molecule has 0 aromatic rings. The third-order valence-electron chi connectivity index (χ3n) is 3.94. The number of hydrogen-bond acceptors (Lipinski definition) is 3. The van der Waals surface area contributed by atoms with Gasteiger partial charge in [0, 0.05) is 6.61 Å². The van der Waals surface area contributed by atoms with Crippen molar-refractivity contribution in [2.24, 2.45) is 0 Å². The summed E-state index contributed by atoms with van der Waals surface area (Å²) in [5.41, 5.74) is -0.0350. The predicted molar refractivity (Wildman–Crippen MR) is 68.9 cm³/mol. The van der Waals surface area contributed by atoms with Crippen LogP contribution in [-0.4, -0.2) is 31.9 Å². The zero-order valence-electron chi connectivity index (χ0n) is 11.1. The predicted octanol–water partition coefficient (Wildman–Crippen LogP) is 2.62. The first-order valence-electron chi connectivity index (χ1n) is 6.96. The van der Waals surface area contributed by atoms with Crippen LogP contribution in [-0.2, 0) is 9.47 Å². The largest absolute Gasteiger partial charge is 0.496 e. The maximum Gasteiger partial charge on any atom is 0.112 e. The molecule has 0 aromatic carbocycles. The zero-order chi connectivity index (χ0) is 12.1. The van der Waals surface area contributed by atoms with Gasteiger partial charge in [0.15, 0.2) is 0 Å². The van der Waals surface area contributed by atoms with Gasteiger partial charge < -0.3 is 14.8 Å². The summed E-state index contributed by atoms with van der Waals surface area (Å²) >= 11 is 0. The van der Waals surface area contributed by atoms with Crippen molar-refractivity contribution in [2.45, 2.75) is 57.1 Å². The fraction of sp³-hybridized carbons (Fsp3) is 0.857. The van der Waals surface area contributed by atoms with E-state index in [9.17, 15) is 0 Å². The summed E-state index contributed by atoms with van der Waals surface area (Å²) in [5.74, 6) is 1.11. The smallest absolute Gasteiger partial charge is 0.112 e. The average Bonchev–Trinajstić information content (AvgIpc) is 2.81. The molecule has 0 bridgehead atoms. The highest BCUT2D eigenvalue weighted by Gasteiger charge is 2.44. The molecule has 17 heavy (non-hydrogen) atoms. The molecule has 1 unspecified atom stereocenters. The third-order valence-corrected chi connectivity index (χ3v) is 3.94. The van der Waals surface area contributed by atoms with Gasteiger partial charge >= 0.3 is 0 Å². The molecule has 3 nitrogen and oxygen atoms in total. The van der Waals surface area contributed by atoms with E-state index in [1.807, 2.05) is 7.05 Å². The number of allylic oxidation sites excluding steroid dienone is 1. The van der Waals surface area contributed by atoms with Gasteiger partial charge in [-0.25, -0.2) is 0 Å². The average molecular weight is 239 g/mol. The Morgan fingerprint density at radius 1 is 1.41 bits per heavy atom. The van der Waals surface area contributed by atoms with E-state index in [2.05, 4.69) is 18.3 Å². The highest BCUT2D eigenvalue weighted by atomic mass is 16.5. The van der Waals surface area contributed by atoms with Crippen molar-refractivity contribution in [2.75, 3.05) is 20.3 Å². The van der Waals surface area contributed by atoms with E-state index in [0.29, 0.717) is 0 Å². The highest BCUT2D eigenvalue weighted by Crippen LogP contribution is 2.39. The monoisotopic (exact) mass is 239 g/mol. The molecule has 1 aliphatic carbocycles. The summed E-state index contributed by atoms with van der Waals surface area (Å²) in [4.78, 5) is 0. The summed E-state index contributed by atoms with van der Waals surface area (Å²) in [6.07, 6.45) is 9.35. The van der Waals surface area contributed by atoms with Gasteiger partial charge in [0.2, 0.25) is 0 Å². The fourth-order valence-electron chi connectivity index (χ4n) is 3.22. The zero-order valence-corrected chi connectivity index (χ0v) is 11.1. The SMILES string of the molecule is CCOC1(C(NC)C2=CCCCO2)CCCC1. The molecule has 1 aliphatic heterocycles. The Balaban J connectivity index is 2.16. The normalized spacial score (nSPS) is 25.2. The molecule has 1 atom stereocenters. The van der Waals surface area contributed by atoms with Crippen LogP contribution < -0.4 is 5.32 Å². The molecule has 0 aromatic heterocycles. The Labute approximate surface area is 105 Å². The van der Waals surface area contributed by atoms with Gasteiger partial charge in [-0.05, 0) is 45.7 Å². The second-order valence-electron chi connectivity index (χ2n) is 5.02. The first-order chi connectivity index (χ1) is 8.32. The van der Waals surface area contributed by atoms with E-state index < -0.39 is 0 Å². The summed E-state index contributed by atoms with van der Waals surface area (Å²) in [6, 6.07) is 0.227. The van der Waals surface area contributed by atoms with Crippen molar-refractivity contribution in [3.05, 3.63) is 11.8 Å². The molecule has 0 spiro atoms. The van der Waals surface area contributed by atoms with Gasteiger partial charge in [0.25, 0.3) is 0 Å². The topological polar surface area (TPSA) is 30.5 Å². The molecule has 3 heteroatoms. The Morgan fingerprint density at radius 3 is 2.71 bits per heavy atom. The van der Waals surface area contributed by atoms with Crippen molar-refractivity contribution in [1.82, 2.24) is 5.32 Å². The lowest BCUT2D eigenvalue weighted by atomic mass is 9.89. The lowest BCUT2D eigenvalue weighted by Crippen LogP contribution is -2.51. The first kappa shape index (κ1) is 12.9. The number of likely N-dealkylation sites (N-methyl/N-ethyl adjacent to an activating group) is 1. The summed E-state index contributed by atoms with van der Waals surface area (Å²) in [6.45, 7) is 3.72. The van der Waals surface area contributed by atoms with E-state index in [1.54, 1.807) is 0 Å². The Bertz CT molecular complexity index is 269.